The van der Waals surface area contributed by atoms with Crippen LogP contribution in [0.15, 0.2) is 36.8 Å². The van der Waals surface area contributed by atoms with E-state index in [0.29, 0.717) is 5.02 Å². The predicted octanol–water partition coefficient (Wildman–Crippen LogP) is 2.75. The summed E-state index contributed by atoms with van der Waals surface area (Å²) < 4.78 is 0. The van der Waals surface area contributed by atoms with Crippen molar-refractivity contribution >= 4 is 11.6 Å². The summed E-state index contributed by atoms with van der Waals surface area (Å²) >= 11 is 6.18. The maximum absolute atomic E-state index is 6.18. The Hall–Kier alpha value is -1.45. The molecule has 0 aromatic carbocycles. The van der Waals surface area contributed by atoms with E-state index in [1.807, 2.05) is 31.4 Å². The molecule has 0 spiro atoms. The van der Waals surface area contributed by atoms with Crippen LogP contribution < -0.4 is 5.32 Å². The Kier molecular flexibility index (Phi) is 3.71. The summed E-state index contributed by atoms with van der Waals surface area (Å²) in [6, 6.07) is 5.63. The lowest BCUT2D eigenvalue weighted by molar-refractivity contribution is 0.664. The summed E-state index contributed by atoms with van der Waals surface area (Å²) in [5, 5.41) is 3.89. The number of halogens is 1. The Morgan fingerprint density at radius 1 is 1.29 bits per heavy atom. The zero-order valence-electron chi connectivity index (χ0n) is 9.81. The molecule has 88 valence electrons. The quantitative estimate of drug-likeness (QED) is 0.906. The van der Waals surface area contributed by atoms with Crippen molar-refractivity contribution < 1.29 is 0 Å². The molecule has 0 amide bonds. The van der Waals surface area contributed by atoms with Gasteiger partial charge in [-0.3, -0.25) is 9.97 Å². The van der Waals surface area contributed by atoms with Gasteiger partial charge in [0.25, 0.3) is 0 Å². The molecule has 0 aliphatic carbocycles. The molecule has 2 aromatic rings. The molecule has 2 heterocycles. The monoisotopic (exact) mass is 247 g/mol. The average Bonchev–Trinajstić information content (AvgIpc) is 2.34. The molecule has 4 heteroatoms. The Balaban J connectivity index is 2.48. The number of aryl methyl sites for hydroxylation is 1. The Morgan fingerprint density at radius 2 is 2.12 bits per heavy atom. The third kappa shape index (κ3) is 2.46. The Bertz CT molecular complexity index is 468. The highest BCUT2D eigenvalue weighted by Gasteiger charge is 2.18. The minimum absolute atomic E-state index is 0.0302. The van der Waals surface area contributed by atoms with Crippen LogP contribution in [0.1, 0.15) is 22.9 Å². The zero-order valence-corrected chi connectivity index (χ0v) is 10.6. The van der Waals surface area contributed by atoms with Gasteiger partial charge < -0.3 is 5.32 Å². The van der Waals surface area contributed by atoms with Crippen molar-refractivity contribution in [1.82, 2.24) is 15.3 Å². The van der Waals surface area contributed by atoms with Crippen molar-refractivity contribution in [3.63, 3.8) is 0 Å². The van der Waals surface area contributed by atoms with Crippen LogP contribution in [0.4, 0.5) is 0 Å². The summed E-state index contributed by atoms with van der Waals surface area (Å²) in [7, 11) is 1.89. The molecule has 1 N–H and O–H groups in total. The van der Waals surface area contributed by atoms with Crippen LogP contribution in [0.5, 0.6) is 0 Å². The highest BCUT2D eigenvalue weighted by atomic mass is 35.5. The smallest absolute Gasteiger partial charge is 0.0804 e. The minimum atomic E-state index is -0.0302. The summed E-state index contributed by atoms with van der Waals surface area (Å²) in [5.74, 6) is 0. The molecule has 17 heavy (non-hydrogen) atoms. The van der Waals surface area contributed by atoms with Crippen LogP contribution in [0.3, 0.4) is 0 Å². The van der Waals surface area contributed by atoms with Gasteiger partial charge in [0.05, 0.1) is 16.8 Å². The van der Waals surface area contributed by atoms with Crippen molar-refractivity contribution in [3.05, 3.63) is 58.6 Å². The molecule has 1 atom stereocenters. The number of hydrogen-bond acceptors (Lipinski definition) is 3. The first-order chi connectivity index (χ1) is 8.24. The van der Waals surface area contributed by atoms with E-state index in [1.54, 1.807) is 12.4 Å². The maximum Gasteiger partial charge on any atom is 0.0804 e. The van der Waals surface area contributed by atoms with Crippen LogP contribution in [-0.4, -0.2) is 17.0 Å². The van der Waals surface area contributed by atoms with E-state index in [4.69, 9.17) is 11.6 Å². The lowest BCUT2D eigenvalue weighted by Crippen LogP contribution is -2.20. The highest BCUT2D eigenvalue weighted by Crippen LogP contribution is 2.27. The lowest BCUT2D eigenvalue weighted by atomic mass is 10.0. The molecular weight excluding hydrogens is 234 g/mol. The third-order valence-electron chi connectivity index (χ3n) is 2.74. The van der Waals surface area contributed by atoms with E-state index >= 15 is 0 Å². The second-order valence-electron chi connectivity index (χ2n) is 3.82. The van der Waals surface area contributed by atoms with E-state index < -0.39 is 0 Å². The van der Waals surface area contributed by atoms with Gasteiger partial charge in [0, 0.05) is 18.6 Å². The fourth-order valence-corrected chi connectivity index (χ4v) is 2.06. The van der Waals surface area contributed by atoms with Gasteiger partial charge in [-0.2, -0.15) is 0 Å². The van der Waals surface area contributed by atoms with Crippen LogP contribution in [0, 0.1) is 6.92 Å². The molecule has 0 bridgehead atoms. The van der Waals surface area contributed by atoms with Gasteiger partial charge in [0.1, 0.15) is 0 Å². The molecule has 0 aliphatic heterocycles. The van der Waals surface area contributed by atoms with Gasteiger partial charge in [0.2, 0.25) is 0 Å². The zero-order chi connectivity index (χ0) is 12.3. The van der Waals surface area contributed by atoms with Crippen molar-refractivity contribution in [2.75, 3.05) is 7.05 Å². The molecule has 1 unspecified atom stereocenters. The Morgan fingerprint density at radius 3 is 2.76 bits per heavy atom. The molecule has 0 radical (unpaired) electrons. The largest absolute Gasteiger partial charge is 0.308 e. The topological polar surface area (TPSA) is 37.8 Å². The number of rotatable bonds is 3. The first-order valence-electron chi connectivity index (χ1n) is 5.42. The number of pyridine rings is 2. The van der Waals surface area contributed by atoms with Crippen LogP contribution >= 0.6 is 11.6 Å². The number of hydrogen-bond donors (Lipinski definition) is 1. The first kappa shape index (κ1) is 12.0. The second-order valence-corrected chi connectivity index (χ2v) is 4.23. The van der Waals surface area contributed by atoms with Gasteiger partial charge in [-0.25, -0.2) is 0 Å². The molecule has 3 nitrogen and oxygen atoms in total. The van der Waals surface area contributed by atoms with Crippen molar-refractivity contribution in [2.45, 2.75) is 13.0 Å². The molecule has 0 saturated heterocycles. The van der Waals surface area contributed by atoms with Gasteiger partial charge >= 0.3 is 0 Å². The second kappa shape index (κ2) is 5.25. The number of aromatic nitrogens is 2. The van der Waals surface area contributed by atoms with E-state index in [-0.39, 0.29) is 6.04 Å². The van der Waals surface area contributed by atoms with Crippen molar-refractivity contribution in [2.24, 2.45) is 0 Å². The fraction of sp³-hybridized carbons (Fsp3) is 0.231. The molecule has 2 aromatic heterocycles. The van der Waals surface area contributed by atoms with E-state index in [2.05, 4.69) is 22.2 Å². The normalized spacial score (nSPS) is 12.4. The third-order valence-corrected chi connectivity index (χ3v) is 3.06. The van der Waals surface area contributed by atoms with Gasteiger partial charge in [0.15, 0.2) is 0 Å². The van der Waals surface area contributed by atoms with Gasteiger partial charge in [-0.05, 0) is 43.3 Å². The fourth-order valence-electron chi connectivity index (χ4n) is 1.83. The SMILES string of the molecule is CNC(c1cnccc1C)c1ncccc1Cl. The van der Waals surface area contributed by atoms with Gasteiger partial charge in [-0.15, -0.1) is 0 Å². The summed E-state index contributed by atoms with van der Waals surface area (Å²) in [5.41, 5.74) is 3.09. The predicted molar refractivity (Wildman–Crippen MR) is 69.1 cm³/mol. The lowest BCUT2D eigenvalue weighted by Gasteiger charge is -2.18. The molecule has 0 saturated carbocycles. The molecule has 0 fully saturated rings. The van der Waals surface area contributed by atoms with E-state index in [1.165, 1.54) is 5.56 Å². The summed E-state index contributed by atoms with van der Waals surface area (Å²) in [6.45, 7) is 2.05. The standard InChI is InChI=1S/C13H14ClN3/c1-9-5-7-16-8-10(9)12(15-2)13-11(14)4-3-6-17-13/h3-8,12,15H,1-2H3. The summed E-state index contributed by atoms with van der Waals surface area (Å²) in [4.78, 5) is 8.50. The van der Waals surface area contributed by atoms with Crippen molar-refractivity contribution in [1.29, 1.82) is 0 Å². The van der Waals surface area contributed by atoms with Crippen molar-refractivity contribution in [3.8, 4) is 0 Å². The molecule has 0 aliphatic rings. The maximum atomic E-state index is 6.18. The van der Waals surface area contributed by atoms with Crippen LogP contribution in [0.2, 0.25) is 5.02 Å². The van der Waals surface area contributed by atoms with E-state index in [9.17, 15) is 0 Å². The first-order valence-corrected chi connectivity index (χ1v) is 5.80. The average molecular weight is 248 g/mol. The van der Waals surface area contributed by atoms with Crippen LogP contribution in [-0.2, 0) is 0 Å². The van der Waals surface area contributed by atoms with Gasteiger partial charge in [-0.1, -0.05) is 11.6 Å². The van der Waals surface area contributed by atoms with Crippen LogP contribution in [0.25, 0.3) is 0 Å². The van der Waals surface area contributed by atoms with E-state index in [0.717, 1.165) is 11.3 Å². The minimum Gasteiger partial charge on any atom is -0.308 e. The highest BCUT2D eigenvalue weighted by molar-refractivity contribution is 6.31. The Labute approximate surface area is 106 Å². The molecule has 2 rings (SSSR count). The number of nitrogens with one attached hydrogen (secondary N) is 1. The number of nitrogens with zero attached hydrogens (tertiary/aromatic N) is 2. The molecular formula is C13H14ClN3. The summed E-state index contributed by atoms with van der Waals surface area (Å²) in [6.07, 6.45) is 5.38.